The van der Waals surface area contributed by atoms with Crippen molar-refractivity contribution >= 4 is 17.6 Å². The second-order valence-corrected chi connectivity index (χ2v) is 7.52. The van der Waals surface area contributed by atoms with Crippen LogP contribution < -0.4 is 10.1 Å². The Morgan fingerprint density at radius 2 is 1.94 bits per heavy atom. The number of carbonyl (C=O) groups excluding carboxylic acids is 2. The summed E-state index contributed by atoms with van der Waals surface area (Å²) in [5.41, 5.74) is 0.436. The highest BCUT2D eigenvalue weighted by molar-refractivity contribution is 6.00. The van der Waals surface area contributed by atoms with Crippen molar-refractivity contribution in [2.45, 2.75) is 46.6 Å². The molecule has 2 rings (SSSR count). The smallest absolute Gasteiger partial charge is 0.258 e. The maximum Gasteiger partial charge on any atom is 0.258 e. The number of hydrogen-bond donors (Lipinski definition) is 1. The van der Waals surface area contributed by atoms with Crippen molar-refractivity contribution in [1.82, 2.24) is 15.0 Å². The Morgan fingerprint density at radius 3 is 2.55 bits per heavy atom. The van der Waals surface area contributed by atoms with Gasteiger partial charge in [-0.3, -0.25) is 9.59 Å². The van der Waals surface area contributed by atoms with E-state index < -0.39 is 0 Å². The van der Waals surface area contributed by atoms with Crippen LogP contribution in [0.3, 0.4) is 0 Å². The Labute approximate surface area is 184 Å². The van der Waals surface area contributed by atoms with Crippen LogP contribution in [0.1, 0.15) is 49.7 Å². The van der Waals surface area contributed by atoms with Crippen LogP contribution in [-0.2, 0) is 4.79 Å². The maximum atomic E-state index is 13.4. The number of carbonyl (C=O) groups is 2. The van der Waals surface area contributed by atoms with E-state index in [0.29, 0.717) is 22.9 Å². The molecule has 1 heterocycles. The summed E-state index contributed by atoms with van der Waals surface area (Å²) in [5, 5.41) is 6.49. The molecule has 2 aromatic rings. The van der Waals surface area contributed by atoms with Crippen molar-refractivity contribution < 1.29 is 18.8 Å². The third-order valence-corrected chi connectivity index (χ3v) is 5.33. The summed E-state index contributed by atoms with van der Waals surface area (Å²) in [4.78, 5) is 30.0. The van der Waals surface area contributed by atoms with Gasteiger partial charge in [-0.25, -0.2) is 0 Å². The maximum absolute atomic E-state index is 13.4. The van der Waals surface area contributed by atoms with Gasteiger partial charge in [0.2, 0.25) is 5.91 Å². The largest absolute Gasteiger partial charge is 0.496 e. The molecule has 1 atom stereocenters. The Morgan fingerprint density at radius 1 is 1.23 bits per heavy atom. The normalized spacial score (nSPS) is 11.9. The van der Waals surface area contributed by atoms with Gasteiger partial charge in [-0.05, 0) is 58.5 Å². The highest BCUT2D eigenvalue weighted by atomic mass is 16.5. The first kappa shape index (κ1) is 24.4. The Kier molecular flexibility index (Phi) is 9.52. The van der Waals surface area contributed by atoms with Crippen LogP contribution in [0.4, 0.5) is 5.82 Å². The standard InChI is InChI=1S/C23H34N4O4/c1-6-26(7-2)14-10-11-17(3)27(16-22(28)24-21-15-18(4)31-25-21)23(29)19-12-8-9-13-20(19)30-5/h8-9,12-13,15,17H,6-7,10-11,14,16H2,1-5H3,(H,24,25,28)/t17-/m0/s1. The summed E-state index contributed by atoms with van der Waals surface area (Å²) < 4.78 is 10.4. The Hall–Kier alpha value is -2.87. The van der Waals surface area contributed by atoms with Gasteiger partial charge < -0.3 is 24.4 Å². The van der Waals surface area contributed by atoms with E-state index in [4.69, 9.17) is 9.26 Å². The lowest BCUT2D eigenvalue weighted by Gasteiger charge is -2.30. The van der Waals surface area contributed by atoms with Gasteiger partial charge >= 0.3 is 0 Å². The number of aromatic nitrogens is 1. The van der Waals surface area contributed by atoms with Crippen LogP contribution in [0.2, 0.25) is 0 Å². The fourth-order valence-corrected chi connectivity index (χ4v) is 3.47. The van der Waals surface area contributed by atoms with Crippen LogP contribution >= 0.6 is 0 Å². The first-order valence-electron chi connectivity index (χ1n) is 10.8. The molecule has 170 valence electrons. The van der Waals surface area contributed by atoms with Gasteiger partial charge in [0.15, 0.2) is 5.82 Å². The summed E-state index contributed by atoms with van der Waals surface area (Å²) in [7, 11) is 1.53. The predicted molar refractivity (Wildman–Crippen MR) is 120 cm³/mol. The lowest BCUT2D eigenvalue weighted by Crippen LogP contribution is -2.44. The van der Waals surface area contributed by atoms with Crippen molar-refractivity contribution in [1.29, 1.82) is 0 Å². The summed E-state index contributed by atoms with van der Waals surface area (Å²) in [6.45, 7) is 10.9. The van der Waals surface area contributed by atoms with Gasteiger partial charge in [0.05, 0.1) is 12.7 Å². The van der Waals surface area contributed by atoms with E-state index in [2.05, 4.69) is 29.2 Å². The minimum absolute atomic E-state index is 0.0881. The number of nitrogens with one attached hydrogen (secondary N) is 1. The molecule has 1 aromatic heterocycles. The fraction of sp³-hybridized carbons (Fsp3) is 0.522. The highest BCUT2D eigenvalue weighted by Gasteiger charge is 2.26. The number of methoxy groups -OCH3 is 1. The molecule has 0 saturated heterocycles. The molecule has 8 nitrogen and oxygen atoms in total. The molecule has 1 aromatic carbocycles. The van der Waals surface area contributed by atoms with Gasteiger partial charge in [0.25, 0.3) is 5.91 Å². The van der Waals surface area contributed by atoms with E-state index in [-0.39, 0.29) is 24.4 Å². The second-order valence-electron chi connectivity index (χ2n) is 7.52. The molecular weight excluding hydrogens is 396 g/mol. The number of amides is 2. The van der Waals surface area contributed by atoms with E-state index in [9.17, 15) is 9.59 Å². The predicted octanol–water partition coefficient (Wildman–Crippen LogP) is 3.58. The zero-order valence-electron chi connectivity index (χ0n) is 19.2. The molecule has 2 amide bonds. The molecule has 0 aliphatic carbocycles. The second kappa shape index (κ2) is 12.1. The molecule has 0 saturated carbocycles. The van der Waals surface area contributed by atoms with E-state index in [0.717, 1.165) is 32.5 Å². The molecular formula is C23H34N4O4. The summed E-state index contributed by atoms with van der Waals surface area (Å²) >= 11 is 0. The van der Waals surface area contributed by atoms with Crippen molar-refractivity contribution in [3.8, 4) is 5.75 Å². The molecule has 0 fully saturated rings. The van der Waals surface area contributed by atoms with Crippen molar-refractivity contribution in [2.75, 3.05) is 38.6 Å². The van der Waals surface area contributed by atoms with Gasteiger partial charge in [0, 0.05) is 12.1 Å². The van der Waals surface area contributed by atoms with E-state index >= 15 is 0 Å². The van der Waals surface area contributed by atoms with E-state index in [1.54, 1.807) is 36.1 Å². The lowest BCUT2D eigenvalue weighted by molar-refractivity contribution is -0.117. The van der Waals surface area contributed by atoms with Gasteiger partial charge in [0.1, 0.15) is 18.1 Å². The SMILES string of the molecule is CCN(CC)CCC[C@H](C)N(CC(=O)Nc1cc(C)on1)C(=O)c1ccccc1OC. The number of benzene rings is 1. The molecule has 0 bridgehead atoms. The molecule has 0 radical (unpaired) electrons. The first-order chi connectivity index (χ1) is 14.9. The van der Waals surface area contributed by atoms with Crippen molar-refractivity contribution in [2.24, 2.45) is 0 Å². The Bertz CT molecular complexity index is 848. The van der Waals surface area contributed by atoms with Crippen LogP contribution in [0, 0.1) is 6.92 Å². The minimum atomic E-state index is -0.327. The molecule has 0 unspecified atom stereocenters. The quantitative estimate of drug-likeness (QED) is 0.554. The molecule has 31 heavy (non-hydrogen) atoms. The number of para-hydroxylation sites is 1. The number of ether oxygens (including phenoxy) is 1. The molecule has 0 aliphatic heterocycles. The summed E-state index contributed by atoms with van der Waals surface area (Å²) in [6.07, 6.45) is 1.72. The first-order valence-corrected chi connectivity index (χ1v) is 10.8. The zero-order valence-corrected chi connectivity index (χ0v) is 19.2. The molecule has 0 aliphatic rings. The molecule has 1 N–H and O–H groups in total. The number of anilines is 1. The number of aryl methyl sites for hydroxylation is 1. The fourth-order valence-electron chi connectivity index (χ4n) is 3.47. The minimum Gasteiger partial charge on any atom is -0.496 e. The van der Waals surface area contributed by atoms with Gasteiger partial charge in [-0.2, -0.15) is 0 Å². The lowest BCUT2D eigenvalue weighted by atomic mass is 10.1. The number of nitrogens with zero attached hydrogens (tertiary/aromatic N) is 3. The monoisotopic (exact) mass is 430 g/mol. The van der Waals surface area contributed by atoms with Gasteiger partial charge in [-0.15, -0.1) is 0 Å². The van der Waals surface area contributed by atoms with Crippen LogP contribution in [0.15, 0.2) is 34.9 Å². The number of rotatable bonds is 12. The topological polar surface area (TPSA) is 87.9 Å². The van der Waals surface area contributed by atoms with Crippen LogP contribution in [0.5, 0.6) is 5.75 Å². The Balaban J connectivity index is 2.15. The number of hydrogen-bond acceptors (Lipinski definition) is 6. The summed E-state index contributed by atoms with van der Waals surface area (Å²) in [6, 6.07) is 8.57. The summed E-state index contributed by atoms with van der Waals surface area (Å²) in [5.74, 6) is 0.857. The van der Waals surface area contributed by atoms with Gasteiger partial charge in [-0.1, -0.05) is 31.1 Å². The molecule has 0 spiro atoms. The third kappa shape index (κ3) is 7.10. The molecule has 8 heteroatoms. The average Bonchev–Trinajstić information content (AvgIpc) is 3.18. The van der Waals surface area contributed by atoms with Crippen LogP contribution in [-0.4, -0.2) is 66.1 Å². The van der Waals surface area contributed by atoms with Crippen molar-refractivity contribution in [3.63, 3.8) is 0 Å². The third-order valence-electron chi connectivity index (χ3n) is 5.33. The average molecular weight is 431 g/mol. The highest BCUT2D eigenvalue weighted by Crippen LogP contribution is 2.22. The van der Waals surface area contributed by atoms with E-state index in [1.165, 1.54) is 7.11 Å². The zero-order chi connectivity index (χ0) is 22.8. The van der Waals surface area contributed by atoms with Crippen LogP contribution in [0.25, 0.3) is 0 Å². The van der Waals surface area contributed by atoms with Crippen molar-refractivity contribution in [3.05, 3.63) is 41.7 Å². The van der Waals surface area contributed by atoms with E-state index in [1.807, 2.05) is 13.0 Å².